The summed E-state index contributed by atoms with van der Waals surface area (Å²) in [4.78, 5) is 17.8. The van der Waals surface area contributed by atoms with E-state index < -0.39 is 0 Å². The lowest BCUT2D eigenvalue weighted by Gasteiger charge is -2.34. The molecule has 0 spiro atoms. The molecular formula is C18H20Cl2N2OS. The predicted octanol–water partition coefficient (Wildman–Crippen LogP) is 3.98. The highest BCUT2D eigenvalue weighted by Crippen LogP contribution is 2.21. The predicted molar refractivity (Wildman–Crippen MR) is 101 cm³/mol. The number of halogens is 2. The largest absolute Gasteiger partial charge is 0.340 e. The number of benzene rings is 1. The number of thiophene rings is 1. The Morgan fingerprint density at radius 2 is 1.92 bits per heavy atom. The van der Waals surface area contributed by atoms with E-state index in [9.17, 15) is 4.79 Å². The van der Waals surface area contributed by atoms with Gasteiger partial charge in [-0.05, 0) is 35.6 Å². The van der Waals surface area contributed by atoms with Crippen molar-refractivity contribution in [1.29, 1.82) is 0 Å². The van der Waals surface area contributed by atoms with E-state index in [4.69, 9.17) is 23.2 Å². The fraction of sp³-hybridized carbons (Fsp3) is 0.389. The Morgan fingerprint density at radius 3 is 2.58 bits per heavy atom. The zero-order chi connectivity index (χ0) is 16.9. The van der Waals surface area contributed by atoms with Crippen molar-refractivity contribution in [2.24, 2.45) is 0 Å². The van der Waals surface area contributed by atoms with Crippen LogP contribution in [0.4, 0.5) is 0 Å². The molecule has 0 saturated carbocycles. The van der Waals surface area contributed by atoms with Crippen LogP contribution in [-0.2, 0) is 17.6 Å². The van der Waals surface area contributed by atoms with Gasteiger partial charge in [0.1, 0.15) is 0 Å². The van der Waals surface area contributed by atoms with E-state index in [0.29, 0.717) is 11.4 Å². The van der Waals surface area contributed by atoms with E-state index in [0.717, 1.165) is 54.6 Å². The average molecular weight is 383 g/mol. The summed E-state index contributed by atoms with van der Waals surface area (Å²) in [6.45, 7) is 4.40. The van der Waals surface area contributed by atoms with Crippen LogP contribution >= 0.6 is 34.5 Å². The van der Waals surface area contributed by atoms with Gasteiger partial charge in [-0.2, -0.15) is 0 Å². The van der Waals surface area contributed by atoms with Gasteiger partial charge in [0.25, 0.3) is 0 Å². The first-order valence-corrected chi connectivity index (χ1v) is 9.72. The molecule has 1 saturated heterocycles. The molecule has 2 aromatic rings. The number of amides is 1. The van der Waals surface area contributed by atoms with E-state index >= 15 is 0 Å². The molecule has 1 aliphatic rings. The smallest absolute Gasteiger partial charge is 0.227 e. The molecule has 3 rings (SSSR count). The van der Waals surface area contributed by atoms with Crippen LogP contribution in [0.25, 0.3) is 0 Å². The van der Waals surface area contributed by atoms with Crippen LogP contribution in [0.15, 0.2) is 35.7 Å². The van der Waals surface area contributed by atoms with Crippen molar-refractivity contribution in [2.75, 3.05) is 32.7 Å². The van der Waals surface area contributed by atoms with E-state index in [2.05, 4.69) is 4.90 Å². The highest BCUT2D eigenvalue weighted by Gasteiger charge is 2.21. The third kappa shape index (κ3) is 4.73. The Kier molecular flexibility index (Phi) is 6.17. The Morgan fingerprint density at radius 1 is 1.12 bits per heavy atom. The highest BCUT2D eigenvalue weighted by molar-refractivity contribution is 7.10. The first-order chi connectivity index (χ1) is 11.6. The van der Waals surface area contributed by atoms with Crippen LogP contribution in [0.2, 0.25) is 10.0 Å². The monoisotopic (exact) mass is 382 g/mol. The number of carbonyl (C=O) groups is 1. The van der Waals surface area contributed by atoms with Gasteiger partial charge in [0.05, 0.1) is 6.42 Å². The third-order valence-corrected chi connectivity index (χ3v) is 5.81. The summed E-state index contributed by atoms with van der Waals surface area (Å²) in [7, 11) is 0. The maximum absolute atomic E-state index is 12.3. The third-order valence-electron chi connectivity index (χ3n) is 4.34. The van der Waals surface area contributed by atoms with Gasteiger partial charge in [0.2, 0.25) is 5.91 Å². The van der Waals surface area contributed by atoms with Gasteiger partial charge in [-0.3, -0.25) is 9.69 Å². The summed E-state index contributed by atoms with van der Waals surface area (Å²) in [6.07, 6.45) is 1.43. The fourth-order valence-corrected chi connectivity index (χ4v) is 4.10. The topological polar surface area (TPSA) is 23.6 Å². The van der Waals surface area contributed by atoms with E-state index in [1.807, 2.05) is 34.5 Å². The number of hydrogen-bond acceptors (Lipinski definition) is 3. The molecule has 6 heteroatoms. The van der Waals surface area contributed by atoms with Crippen LogP contribution in [0.3, 0.4) is 0 Å². The summed E-state index contributed by atoms with van der Waals surface area (Å²) in [5.41, 5.74) is 1.12. The molecule has 0 radical (unpaired) electrons. The van der Waals surface area contributed by atoms with Crippen LogP contribution in [-0.4, -0.2) is 48.4 Å². The van der Waals surface area contributed by atoms with E-state index in [1.54, 1.807) is 17.4 Å². The van der Waals surface area contributed by atoms with Crippen LogP contribution in [0.1, 0.15) is 10.4 Å². The maximum atomic E-state index is 12.3. The van der Waals surface area contributed by atoms with Crippen molar-refractivity contribution in [1.82, 2.24) is 9.80 Å². The lowest BCUT2D eigenvalue weighted by molar-refractivity contribution is -0.132. The average Bonchev–Trinajstić information content (AvgIpc) is 3.07. The lowest BCUT2D eigenvalue weighted by Crippen LogP contribution is -2.49. The molecule has 24 heavy (non-hydrogen) atoms. The molecule has 3 nitrogen and oxygen atoms in total. The molecule has 1 amide bonds. The highest BCUT2D eigenvalue weighted by atomic mass is 35.5. The number of piperazine rings is 1. The van der Waals surface area contributed by atoms with Crippen molar-refractivity contribution >= 4 is 40.4 Å². The molecule has 1 aliphatic heterocycles. The summed E-state index contributed by atoms with van der Waals surface area (Å²) >= 11 is 13.8. The minimum atomic E-state index is 0.234. The van der Waals surface area contributed by atoms with Gasteiger partial charge in [0, 0.05) is 47.6 Å². The molecule has 0 N–H and O–H groups in total. The van der Waals surface area contributed by atoms with Crippen LogP contribution < -0.4 is 0 Å². The maximum Gasteiger partial charge on any atom is 0.227 e. The van der Waals surface area contributed by atoms with Gasteiger partial charge in [-0.25, -0.2) is 0 Å². The molecule has 1 fully saturated rings. The number of carbonyl (C=O) groups excluding carboxylic acids is 1. The second-order valence-corrected chi connectivity index (χ2v) is 7.84. The Hall–Kier alpha value is -1.07. The van der Waals surface area contributed by atoms with Gasteiger partial charge in [0.15, 0.2) is 0 Å². The van der Waals surface area contributed by atoms with Crippen molar-refractivity contribution in [3.63, 3.8) is 0 Å². The van der Waals surface area contributed by atoms with Gasteiger partial charge in [-0.1, -0.05) is 35.3 Å². The van der Waals surface area contributed by atoms with E-state index in [-0.39, 0.29) is 5.91 Å². The number of hydrogen-bond donors (Lipinski definition) is 0. The molecule has 0 atom stereocenters. The zero-order valence-electron chi connectivity index (χ0n) is 13.4. The molecule has 1 aromatic carbocycles. The summed E-state index contributed by atoms with van der Waals surface area (Å²) in [6, 6.07) is 9.68. The van der Waals surface area contributed by atoms with Crippen LogP contribution in [0, 0.1) is 0 Å². The molecule has 128 valence electrons. The summed E-state index contributed by atoms with van der Waals surface area (Å²) < 4.78 is 0. The van der Waals surface area contributed by atoms with E-state index in [1.165, 1.54) is 0 Å². The van der Waals surface area contributed by atoms with Crippen molar-refractivity contribution < 1.29 is 4.79 Å². The fourth-order valence-electron chi connectivity index (χ4n) is 2.90. The van der Waals surface area contributed by atoms with Gasteiger partial charge < -0.3 is 4.90 Å². The molecule has 0 aliphatic carbocycles. The Labute approximate surface area is 156 Å². The molecule has 0 bridgehead atoms. The number of rotatable bonds is 5. The minimum Gasteiger partial charge on any atom is -0.340 e. The second kappa shape index (κ2) is 8.34. The Balaban J connectivity index is 1.44. The lowest BCUT2D eigenvalue weighted by atomic mass is 10.1. The molecular weight excluding hydrogens is 363 g/mol. The summed E-state index contributed by atoms with van der Waals surface area (Å²) in [5.74, 6) is 0.234. The van der Waals surface area contributed by atoms with Crippen molar-refractivity contribution in [2.45, 2.75) is 12.8 Å². The first-order valence-electron chi connectivity index (χ1n) is 8.08. The van der Waals surface area contributed by atoms with Gasteiger partial charge in [-0.15, -0.1) is 11.3 Å². The quantitative estimate of drug-likeness (QED) is 0.780. The zero-order valence-corrected chi connectivity index (χ0v) is 15.7. The summed E-state index contributed by atoms with van der Waals surface area (Å²) in [5, 5.41) is 3.41. The number of nitrogens with zero attached hydrogens (tertiary/aromatic N) is 2. The molecule has 0 unspecified atom stereocenters. The minimum absolute atomic E-state index is 0.234. The SMILES string of the molecule is O=C(Cc1cccs1)N1CCN(CCc2ccc(Cl)cc2Cl)CC1. The standard InChI is InChI=1S/C18H20Cl2N2OS/c19-15-4-3-14(17(20)12-15)5-6-21-7-9-22(10-8-21)18(23)13-16-2-1-11-24-16/h1-4,11-12H,5-10,13H2. The van der Waals surface area contributed by atoms with Crippen molar-refractivity contribution in [3.05, 3.63) is 56.2 Å². The van der Waals surface area contributed by atoms with Crippen LogP contribution in [0.5, 0.6) is 0 Å². The van der Waals surface area contributed by atoms with Crippen molar-refractivity contribution in [3.8, 4) is 0 Å². The first kappa shape index (κ1) is 17.7. The Bertz CT molecular complexity index is 682. The molecule has 2 heterocycles. The second-order valence-electron chi connectivity index (χ2n) is 5.96. The molecule has 1 aromatic heterocycles. The van der Waals surface area contributed by atoms with Gasteiger partial charge >= 0.3 is 0 Å². The normalized spacial score (nSPS) is 15.7.